The van der Waals surface area contributed by atoms with Gasteiger partial charge in [0, 0.05) is 22.5 Å². The molecule has 1 heterocycles. The second kappa shape index (κ2) is 7.27. The van der Waals surface area contributed by atoms with Crippen LogP contribution < -0.4 is 0 Å². The number of nitrogens with zero attached hydrogens (tertiary/aromatic N) is 1. The van der Waals surface area contributed by atoms with Gasteiger partial charge in [0.2, 0.25) is 0 Å². The largest absolute Gasteiger partial charge is 0.350 e. The summed E-state index contributed by atoms with van der Waals surface area (Å²) in [5.74, 6) is 0. The van der Waals surface area contributed by atoms with Gasteiger partial charge in [-0.25, -0.2) is 0 Å². The van der Waals surface area contributed by atoms with Crippen LogP contribution in [0, 0.1) is 0 Å². The van der Waals surface area contributed by atoms with E-state index >= 15 is 0 Å². The van der Waals surface area contributed by atoms with Crippen LogP contribution in [0.3, 0.4) is 0 Å². The molecular formula is C17H18BN. The van der Waals surface area contributed by atoms with Crippen molar-refractivity contribution in [1.82, 2.24) is 4.57 Å². The summed E-state index contributed by atoms with van der Waals surface area (Å²) < 4.78 is 1.98. The Kier molecular flexibility index (Phi) is 5.68. The Morgan fingerprint density at radius 2 is 1.26 bits per heavy atom. The van der Waals surface area contributed by atoms with Crippen LogP contribution in [-0.4, -0.2) is 12.4 Å². The molecule has 0 aliphatic heterocycles. The lowest BCUT2D eigenvalue weighted by atomic mass is 10.1. The maximum absolute atomic E-state index is 5.82. The first kappa shape index (κ1) is 14.8. The first-order valence-electron chi connectivity index (χ1n) is 6.04. The van der Waals surface area contributed by atoms with Gasteiger partial charge in [-0.3, -0.25) is 0 Å². The van der Waals surface area contributed by atoms with E-state index in [9.17, 15) is 0 Å². The molecule has 1 rings (SSSR count). The molecule has 0 saturated heterocycles. The highest BCUT2D eigenvalue weighted by atomic mass is 15.0. The third-order valence-corrected chi connectivity index (χ3v) is 2.79. The summed E-state index contributed by atoms with van der Waals surface area (Å²) in [7, 11) is 5.82. The summed E-state index contributed by atoms with van der Waals surface area (Å²) >= 11 is 0. The minimum absolute atomic E-state index is 0.375. The number of allylic oxidation sites excluding steroid dienone is 4. The lowest BCUT2D eigenvalue weighted by Gasteiger charge is -2.06. The van der Waals surface area contributed by atoms with Crippen LogP contribution in [0.5, 0.6) is 0 Å². The van der Waals surface area contributed by atoms with E-state index in [1.807, 2.05) is 28.9 Å². The summed E-state index contributed by atoms with van der Waals surface area (Å²) in [4.78, 5) is 0. The highest BCUT2D eigenvalue weighted by molar-refractivity contribution is 6.07. The Morgan fingerprint density at radius 3 is 1.53 bits per heavy atom. The molecule has 1 aromatic rings. The van der Waals surface area contributed by atoms with Crippen molar-refractivity contribution in [2.24, 2.45) is 0 Å². The first-order valence-corrected chi connectivity index (χ1v) is 6.04. The fourth-order valence-electron chi connectivity index (χ4n) is 2.01. The predicted octanol–water partition coefficient (Wildman–Crippen LogP) is 4.30. The molecule has 2 radical (unpaired) electrons. The minimum Gasteiger partial charge on any atom is -0.350 e. The summed E-state index contributed by atoms with van der Waals surface area (Å²) in [6.07, 6.45) is 15.2. The van der Waals surface area contributed by atoms with Crippen molar-refractivity contribution in [2.75, 3.05) is 0 Å². The third-order valence-electron chi connectivity index (χ3n) is 2.79. The molecule has 1 aromatic heterocycles. The molecule has 0 unspecified atom stereocenters. The monoisotopic (exact) mass is 247 g/mol. The molecule has 0 bridgehead atoms. The van der Waals surface area contributed by atoms with Crippen LogP contribution in [0.25, 0.3) is 24.3 Å². The standard InChI is InChI=1S/C17H18BN/c1-5-9-11-14-15(12-10-6-2)17(8-4)19(13-18)16(14)7-3/h5-12H,1-4,13H2/b11-9-,12-10-. The van der Waals surface area contributed by atoms with E-state index in [1.54, 1.807) is 24.3 Å². The summed E-state index contributed by atoms with van der Waals surface area (Å²) in [5.41, 5.74) is 4.04. The van der Waals surface area contributed by atoms with Crippen molar-refractivity contribution in [1.29, 1.82) is 0 Å². The Morgan fingerprint density at radius 1 is 0.842 bits per heavy atom. The molecule has 0 amide bonds. The van der Waals surface area contributed by atoms with Crippen molar-refractivity contribution < 1.29 is 0 Å². The molecule has 0 saturated carbocycles. The Balaban J connectivity index is 3.66. The Hall–Kier alpha value is -2.22. The summed E-state index contributed by atoms with van der Waals surface area (Å²) in [6.45, 7) is 15.1. The van der Waals surface area contributed by atoms with Crippen molar-refractivity contribution in [3.63, 3.8) is 0 Å². The summed E-state index contributed by atoms with van der Waals surface area (Å²) in [6, 6.07) is 0. The van der Waals surface area contributed by atoms with Crippen molar-refractivity contribution in [2.45, 2.75) is 6.44 Å². The van der Waals surface area contributed by atoms with Crippen LogP contribution >= 0.6 is 0 Å². The van der Waals surface area contributed by atoms with E-state index in [2.05, 4.69) is 26.3 Å². The quantitative estimate of drug-likeness (QED) is 0.500. The van der Waals surface area contributed by atoms with E-state index in [-0.39, 0.29) is 0 Å². The Labute approximate surface area is 117 Å². The highest BCUT2D eigenvalue weighted by Gasteiger charge is 2.14. The lowest BCUT2D eigenvalue weighted by Crippen LogP contribution is -2.02. The number of aromatic nitrogens is 1. The van der Waals surface area contributed by atoms with Crippen LogP contribution in [0.4, 0.5) is 0 Å². The molecule has 19 heavy (non-hydrogen) atoms. The van der Waals surface area contributed by atoms with Crippen LogP contribution in [-0.2, 0) is 6.44 Å². The zero-order chi connectivity index (χ0) is 14.3. The van der Waals surface area contributed by atoms with Crippen LogP contribution in [0.1, 0.15) is 22.5 Å². The molecule has 2 heteroatoms. The van der Waals surface area contributed by atoms with Gasteiger partial charge in [-0.15, -0.1) is 0 Å². The average molecular weight is 247 g/mol. The van der Waals surface area contributed by atoms with Gasteiger partial charge in [0.1, 0.15) is 0 Å². The van der Waals surface area contributed by atoms with Gasteiger partial charge in [0.15, 0.2) is 0 Å². The second-order valence-electron chi connectivity index (χ2n) is 3.81. The van der Waals surface area contributed by atoms with Gasteiger partial charge in [-0.05, 0) is 18.6 Å². The average Bonchev–Trinajstić information content (AvgIpc) is 2.74. The summed E-state index contributed by atoms with van der Waals surface area (Å²) in [5, 5.41) is 0. The zero-order valence-electron chi connectivity index (χ0n) is 11.2. The number of rotatable bonds is 7. The molecule has 1 nitrogen and oxygen atoms in total. The smallest absolute Gasteiger partial charge is 0.0948 e. The van der Waals surface area contributed by atoms with Crippen LogP contribution in [0.15, 0.2) is 50.6 Å². The fourth-order valence-corrected chi connectivity index (χ4v) is 2.01. The third kappa shape index (κ3) is 2.97. The molecule has 0 fully saturated rings. The topological polar surface area (TPSA) is 4.93 Å². The maximum Gasteiger partial charge on any atom is 0.0948 e. The van der Waals surface area contributed by atoms with Gasteiger partial charge >= 0.3 is 0 Å². The van der Waals surface area contributed by atoms with Gasteiger partial charge in [0.25, 0.3) is 0 Å². The van der Waals surface area contributed by atoms with E-state index in [0.29, 0.717) is 6.44 Å². The van der Waals surface area contributed by atoms with E-state index in [0.717, 1.165) is 22.5 Å². The van der Waals surface area contributed by atoms with Crippen LogP contribution in [0.2, 0.25) is 0 Å². The van der Waals surface area contributed by atoms with Gasteiger partial charge in [-0.1, -0.05) is 62.8 Å². The molecule has 0 aliphatic rings. The molecular weight excluding hydrogens is 229 g/mol. The molecule has 0 N–H and O–H groups in total. The molecule has 0 aliphatic carbocycles. The lowest BCUT2D eigenvalue weighted by molar-refractivity contribution is 0.868. The number of hydrogen-bond donors (Lipinski definition) is 0. The van der Waals surface area contributed by atoms with Crippen molar-refractivity contribution in [3.8, 4) is 0 Å². The van der Waals surface area contributed by atoms with Gasteiger partial charge in [0.05, 0.1) is 7.85 Å². The Bertz CT molecular complexity index is 509. The van der Waals surface area contributed by atoms with E-state index < -0.39 is 0 Å². The van der Waals surface area contributed by atoms with E-state index in [4.69, 9.17) is 7.85 Å². The van der Waals surface area contributed by atoms with E-state index in [1.165, 1.54) is 0 Å². The zero-order valence-corrected chi connectivity index (χ0v) is 11.2. The predicted molar refractivity (Wildman–Crippen MR) is 88.8 cm³/mol. The molecule has 0 aromatic carbocycles. The van der Waals surface area contributed by atoms with Gasteiger partial charge in [-0.2, -0.15) is 0 Å². The number of hydrogen-bond acceptors (Lipinski definition) is 0. The molecule has 0 atom stereocenters. The van der Waals surface area contributed by atoms with Crippen molar-refractivity contribution in [3.05, 3.63) is 73.1 Å². The normalized spacial score (nSPS) is 10.9. The SMILES string of the molecule is [B]Cn1c(C=C)c(/C=C\C=C)c(/C=C\C=C)c1C=C. The van der Waals surface area contributed by atoms with Crippen molar-refractivity contribution >= 4 is 32.2 Å². The molecule has 94 valence electrons. The fraction of sp³-hybridized carbons (Fsp3) is 0.0588. The second-order valence-corrected chi connectivity index (χ2v) is 3.81. The highest BCUT2D eigenvalue weighted by Crippen LogP contribution is 2.28. The first-order chi connectivity index (χ1) is 9.24. The molecule has 0 spiro atoms. The van der Waals surface area contributed by atoms with Gasteiger partial charge < -0.3 is 4.57 Å². The maximum atomic E-state index is 5.82. The minimum atomic E-state index is 0.375.